The van der Waals surface area contributed by atoms with Crippen LogP contribution >= 0.6 is 0 Å². The maximum atomic E-state index is 13.8. The van der Waals surface area contributed by atoms with Gasteiger partial charge < -0.3 is 11.1 Å². The Hall–Kier alpha value is -1.86. The largest absolute Gasteiger partial charge is 0.352 e. The van der Waals surface area contributed by atoms with Gasteiger partial charge in [-0.3, -0.25) is 4.79 Å². The average Bonchev–Trinajstić information content (AvgIpc) is 2.43. The second-order valence-electron chi connectivity index (χ2n) is 5.40. The van der Waals surface area contributed by atoms with Gasteiger partial charge in [0.15, 0.2) is 0 Å². The van der Waals surface area contributed by atoms with E-state index in [0.717, 1.165) is 6.42 Å². The summed E-state index contributed by atoms with van der Waals surface area (Å²) in [6.45, 7) is 6.93. The van der Waals surface area contributed by atoms with Crippen LogP contribution in [0, 0.1) is 23.1 Å². The Morgan fingerprint density at radius 3 is 2.70 bits per heavy atom. The van der Waals surface area contributed by atoms with E-state index in [1.807, 2.05) is 0 Å². The molecular formula is C16H21FN2O. The Labute approximate surface area is 119 Å². The van der Waals surface area contributed by atoms with Crippen LogP contribution in [0.25, 0.3) is 0 Å². The summed E-state index contributed by atoms with van der Waals surface area (Å²) in [5.41, 5.74) is 5.82. The van der Waals surface area contributed by atoms with Crippen molar-refractivity contribution in [3.8, 4) is 11.8 Å². The summed E-state index contributed by atoms with van der Waals surface area (Å²) in [4.78, 5) is 12.0. The second-order valence-corrected chi connectivity index (χ2v) is 5.40. The topological polar surface area (TPSA) is 55.1 Å². The van der Waals surface area contributed by atoms with Crippen molar-refractivity contribution in [1.29, 1.82) is 0 Å². The lowest BCUT2D eigenvalue weighted by atomic mass is 9.90. The van der Waals surface area contributed by atoms with E-state index in [0.29, 0.717) is 12.1 Å². The van der Waals surface area contributed by atoms with Crippen molar-refractivity contribution in [3.63, 3.8) is 0 Å². The third kappa shape index (κ3) is 4.67. The summed E-state index contributed by atoms with van der Waals surface area (Å²) in [7, 11) is 0. The molecule has 0 saturated carbocycles. The van der Waals surface area contributed by atoms with Crippen molar-refractivity contribution in [3.05, 3.63) is 35.1 Å². The number of halogens is 1. The Morgan fingerprint density at radius 2 is 2.15 bits per heavy atom. The zero-order valence-electron chi connectivity index (χ0n) is 12.2. The van der Waals surface area contributed by atoms with Crippen LogP contribution in [0.2, 0.25) is 0 Å². The molecule has 0 saturated heterocycles. The lowest BCUT2D eigenvalue weighted by molar-refractivity contribution is 0.0935. The van der Waals surface area contributed by atoms with E-state index in [2.05, 4.69) is 37.9 Å². The van der Waals surface area contributed by atoms with Crippen LogP contribution in [-0.2, 0) is 0 Å². The van der Waals surface area contributed by atoms with Gasteiger partial charge in [-0.05, 0) is 30.0 Å². The molecule has 1 rings (SSSR count). The average molecular weight is 276 g/mol. The van der Waals surface area contributed by atoms with Gasteiger partial charge in [0.1, 0.15) is 5.82 Å². The highest BCUT2D eigenvalue weighted by Crippen LogP contribution is 2.18. The summed E-state index contributed by atoms with van der Waals surface area (Å²) in [6.07, 6.45) is 0.954. The number of rotatable bonds is 4. The van der Waals surface area contributed by atoms with Gasteiger partial charge in [0, 0.05) is 12.1 Å². The first-order valence-electron chi connectivity index (χ1n) is 6.66. The molecule has 0 aliphatic carbocycles. The summed E-state index contributed by atoms with van der Waals surface area (Å²) >= 11 is 0. The number of carbonyl (C=O) groups is 1. The molecule has 0 aliphatic heterocycles. The molecule has 0 fully saturated rings. The van der Waals surface area contributed by atoms with Crippen LogP contribution in [0.1, 0.15) is 43.1 Å². The first-order valence-corrected chi connectivity index (χ1v) is 6.66. The minimum Gasteiger partial charge on any atom is -0.352 e. The predicted octanol–water partition coefficient (Wildman–Crippen LogP) is 2.30. The van der Waals surface area contributed by atoms with Gasteiger partial charge in [-0.25, -0.2) is 4.39 Å². The molecule has 0 radical (unpaired) electrons. The maximum absolute atomic E-state index is 13.8. The van der Waals surface area contributed by atoms with Crippen LogP contribution in [0.15, 0.2) is 18.2 Å². The Bertz CT molecular complexity index is 541. The van der Waals surface area contributed by atoms with Gasteiger partial charge in [-0.15, -0.1) is 0 Å². The van der Waals surface area contributed by atoms with E-state index in [1.165, 1.54) is 12.1 Å². The summed E-state index contributed by atoms with van der Waals surface area (Å²) < 4.78 is 13.8. The molecular weight excluding hydrogens is 255 g/mol. The number of hydrogen-bond donors (Lipinski definition) is 2. The molecule has 3 nitrogen and oxygen atoms in total. The van der Waals surface area contributed by atoms with E-state index < -0.39 is 5.82 Å². The lowest BCUT2D eigenvalue weighted by Crippen LogP contribution is -2.33. The molecule has 0 bridgehead atoms. The van der Waals surface area contributed by atoms with Gasteiger partial charge >= 0.3 is 0 Å². The second kappa shape index (κ2) is 7.06. The highest BCUT2D eigenvalue weighted by Gasteiger charge is 2.17. The van der Waals surface area contributed by atoms with E-state index >= 15 is 0 Å². The third-order valence-electron chi connectivity index (χ3n) is 3.24. The van der Waals surface area contributed by atoms with Crippen LogP contribution < -0.4 is 11.1 Å². The van der Waals surface area contributed by atoms with Crippen LogP contribution in [0.3, 0.4) is 0 Å². The molecule has 1 aromatic carbocycles. The zero-order valence-corrected chi connectivity index (χ0v) is 12.2. The van der Waals surface area contributed by atoms with Gasteiger partial charge in [0.25, 0.3) is 5.91 Å². The van der Waals surface area contributed by atoms with Gasteiger partial charge in [0.2, 0.25) is 0 Å². The molecule has 0 aliphatic rings. The number of carbonyl (C=O) groups excluding carboxylic acids is 1. The SMILES string of the molecule is CCC(C)(C)CNC(=O)c1ccc(C#CCN)c(F)c1. The van der Waals surface area contributed by atoms with E-state index in [4.69, 9.17) is 5.73 Å². The fourth-order valence-corrected chi connectivity index (χ4v) is 1.45. The van der Waals surface area contributed by atoms with Gasteiger partial charge in [0.05, 0.1) is 12.1 Å². The number of amides is 1. The molecule has 0 unspecified atom stereocenters. The minimum atomic E-state index is -0.506. The molecule has 0 heterocycles. The van der Waals surface area contributed by atoms with Crippen molar-refractivity contribution >= 4 is 5.91 Å². The van der Waals surface area contributed by atoms with Crippen molar-refractivity contribution in [2.24, 2.45) is 11.1 Å². The monoisotopic (exact) mass is 276 g/mol. The minimum absolute atomic E-state index is 0.0285. The molecule has 108 valence electrons. The highest BCUT2D eigenvalue weighted by atomic mass is 19.1. The molecule has 0 spiro atoms. The molecule has 4 heteroatoms. The maximum Gasteiger partial charge on any atom is 0.251 e. The zero-order chi connectivity index (χ0) is 15.2. The predicted molar refractivity (Wildman–Crippen MR) is 78.7 cm³/mol. The van der Waals surface area contributed by atoms with Crippen molar-refractivity contribution in [2.45, 2.75) is 27.2 Å². The lowest BCUT2D eigenvalue weighted by Gasteiger charge is -2.22. The first kappa shape index (κ1) is 16.2. The summed E-state index contributed by atoms with van der Waals surface area (Å²) in [5, 5.41) is 2.82. The van der Waals surface area contributed by atoms with Crippen LogP contribution in [-0.4, -0.2) is 19.0 Å². The Balaban J connectivity index is 2.78. The smallest absolute Gasteiger partial charge is 0.251 e. The number of nitrogens with two attached hydrogens (primary N) is 1. The van der Waals surface area contributed by atoms with Crippen LogP contribution in [0.5, 0.6) is 0 Å². The number of nitrogens with one attached hydrogen (secondary N) is 1. The van der Waals surface area contributed by atoms with Gasteiger partial charge in [-0.2, -0.15) is 0 Å². The molecule has 20 heavy (non-hydrogen) atoms. The third-order valence-corrected chi connectivity index (χ3v) is 3.24. The Kier molecular flexibility index (Phi) is 5.72. The quantitative estimate of drug-likeness (QED) is 0.829. The van der Waals surface area contributed by atoms with Crippen LogP contribution in [0.4, 0.5) is 4.39 Å². The van der Waals surface area contributed by atoms with Crippen molar-refractivity contribution in [1.82, 2.24) is 5.32 Å². The number of benzene rings is 1. The summed E-state index contributed by atoms with van der Waals surface area (Å²) in [6, 6.07) is 4.27. The molecule has 3 N–H and O–H groups in total. The highest BCUT2D eigenvalue weighted by molar-refractivity contribution is 5.94. The van der Waals surface area contributed by atoms with Gasteiger partial charge in [-0.1, -0.05) is 32.6 Å². The number of hydrogen-bond acceptors (Lipinski definition) is 2. The molecule has 1 aromatic rings. The Morgan fingerprint density at radius 1 is 1.45 bits per heavy atom. The van der Waals surface area contributed by atoms with E-state index in [1.54, 1.807) is 6.07 Å². The van der Waals surface area contributed by atoms with E-state index in [9.17, 15) is 9.18 Å². The first-order chi connectivity index (χ1) is 9.39. The van der Waals surface area contributed by atoms with Crippen molar-refractivity contribution in [2.75, 3.05) is 13.1 Å². The molecule has 1 amide bonds. The molecule has 0 aromatic heterocycles. The fraction of sp³-hybridized carbons (Fsp3) is 0.438. The van der Waals surface area contributed by atoms with Crippen molar-refractivity contribution < 1.29 is 9.18 Å². The van der Waals surface area contributed by atoms with E-state index in [-0.39, 0.29) is 23.4 Å². The molecule has 0 atom stereocenters. The standard InChI is InChI=1S/C16H21FN2O/c1-4-16(2,3)11-19-15(20)13-8-7-12(6-5-9-18)14(17)10-13/h7-8,10H,4,9,11,18H2,1-3H3,(H,19,20). The normalized spacial score (nSPS) is 10.7. The fourth-order valence-electron chi connectivity index (χ4n) is 1.45. The summed E-state index contributed by atoms with van der Waals surface area (Å²) in [5.74, 6) is 4.43.